The van der Waals surface area contributed by atoms with Crippen molar-refractivity contribution in [3.05, 3.63) is 59.7 Å². The molecule has 0 atom stereocenters. The first kappa shape index (κ1) is 21.9. The van der Waals surface area contributed by atoms with E-state index in [1.807, 2.05) is 31.2 Å². The minimum Gasteiger partial charge on any atom is -0.497 e. The van der Waals surface area contributed by atoms with Gasteiger partial charge in [0, 0.05) is 0 Å². The number of hydrazone groups is 1. The van der Waals surface area contributed by atoms with Crippen molar-refractivity contribution in [2.24, 2.45) is 5.10 Å². The predicted octanol–water partition coefficient (Wildman–Crippen LogP) is 0.0431. The Morgan fingerprint density at radius 3 is 2.37 bits per heavy atom. The second-order valence-electron chi connectivity index (χ2n) is 7.21. The molecule has 0 radical (unpaired) electrons. The number of rotatable bonds is 7. The largest absolute Gasteiger partial charge is 0.497 e. The van der Waals surface area contributed by atoms with Crippen LogP contribution in [0.25, 0.3) is 0 Å². The molecule has 0 spiro atoms. The van der Waals surface area contributed by atoms with Crippen LogP contribution >= 0.6 is 0 Å². The van der Waals surface area contributed by atoms with Crippen LogP contribution in [0.5, 0.6) is 5.75 Å². The number of benzene rings is 2. The Bertz CT molecular complexity index is 981. The fraction of sp³-hybridized carbons (Fsp3) is 0.333. The summed E-state index contributed by atoms with van der Waals surface area (Å²) in [5.41, 5.74) is 4.39. The van der Waals surface area contributed by atoms with Gasteiger partial charge in [-0.1, -0.05) is 17.7 Å². The summed E-state index contributed by atoms with van der Waals surface area (Å²) < 4.78 is 32.1. The molecule has 2 aromatic rings. The Morgan fingerprint density at radius 2 is 1.77 bits per heavy atom. The Balaban J connectivity index is 1.46. The number of carbonyl (C=O) groups is 1. The molecule has 2 N–H and O–H groups in total. The van der Waals surface area contributed by atoms with Crippen LogP contribution < -0.4 is 15.1 Å². The minimum absolute atomic E-state index is 0.204. The van der Waals surface area contributed by atoms with Crippen LogP contribution in [-0.2, 0) is 14.8 Å². The molecule has 0 aliphatic carbocycles. The number of amides is 1. The van der Waals surface area contributed by atoms with Gasteiger partial charge in [0.2, 0.25) is 10.0 Å². The number of methoxy groups -OCH3 is 1. The number of hydrogen-bond donors (Lipinski definition) is 2. The van der Waals surface area contributed by atoms with Gasteiger partial charge >= 0.3 is 0 Å². The Kier molecular flexibility index (Phi) is 7.20. The van der Waals surface area contributed by atoms with Gasteiger partial charge in [-0.15, -0.1) is 0 Å². The molecule has 3 rings (SSSR count). The highest BCUT2D eigenvalue weighted by Crippen LogP contribution is 2.16. The molecule has 1 aliphatic rings. The van der Waals surface area contributed by atoms with Crippen molar-refractivity contribution >= 4 is 22.1 Å². The second kappa shape index (κ2) is 9.84. The number of carbonyl (C=O) groups excluding carboxylic acids is 1. The zero-order valence-electron chi connectivity index (χ0n) is 17.2. The zero-order chi connectivity index (χ0) is 21.6. The van der Waals surface area contributed by atoms with Crippen molar-refractivity contribution in [1.82, 2.24) is 9.73 Å². The van der Waals surface area contributed by atoms with Crippen molar-refractivity contribution in [2.45, 2.75) is 11.8 Å². The summed E-state index contributed by atoms with van der Waals surface area (Å²) in [5.74, 6) is 0.549. The van der Waals surface area contributed by atoms with Crippen molar-refractivity contribution in [2.75, 3.05) is 39.8 Å². The summed E-state index contributed by atoms with van der Waals surface area (Å²) in [4.78, 5) is 13.5. The van der Waals surface area contributed by atoms with Crippen LogP contribution in [0.1, 0.15) is 11.1 Å². The Labute approximate surface area is 177 Å². The van der Waals surface area contributed by atoms with E-state index in [1.165, 1.54) is 4.31 Å². The summed E-state index contributed by atoms with van der Waals surface area (Å²) in [7, 11) is -1.89. The van der Waals surface area contributed by atoms with E-state index in [9.17, 15) is 13.2 Å². The molecule has 8 nitrogen and oxygen atoms in total. The van der Waals surface area contributed by atoms with Gasteiger partial charge in [-0.25, -0.2) is 13.8 Å². The number of nitrogens with zero attached hydrogens (tertiary/aromatic N) is 2. The molecule has 1 amide bonds. The molecule has 30 heavy (non-hydrogen) atoms. The fourth-order valence-corrected chi connectivity index (χ4v) is 4.66. The van der Waals surface area contributed by atoms with Crippen molar-refractivity contribution in [3.63, 3.8) is 0 Å². The van der Waals surface area contributed by atoms with Gasteiger partial charge < -0.3 is 9.64 Å². The smallest absolute Gasteiger partial charge is 0.295 e. The lowest BCUT2D eigenvalue weighted by atomic mass is 10.2. The van der Waals surface area contributed by atoms with Gasteiger partial charge in [-0.2, -0.15) is 9.41 Å². The topological polar surface area (TPSA) is 92.5 Å². The van der Waals surface area contributed by atoms with Crippen LogP contribution in [0.2, 0.25) is 0 Å². The monoisotopic (exact) mass is 431 g/mol. The molecule has 1 fully saturated rings. The van der Waals surface area contributed by atoms with Gasteiger partial charge in [0.25, 0.3) is 5.91 Å². The summed E-state index contributed by atoms with van der Waals surface area (Å²) in [6.45, 7) is 4.08. The molecule has 160 valence electrons. The molecule has 0 saturated carbocycles. The summed E-state index contributed by atoms with van der Waals surface area (Å²) in [6.07, 6.45) is 1.57. The van der Waals surface area contributed by atoms with Crippen molar-refractivity contribution in [3.8, 4) is 5.75 Å². The van der Waals surface area contributed by atoms with Crippen LogP contribution in [-0.4, -0.2) is 64.7 Å². The van der Waals surface area contributed by atoms with E-state index in [1.54, 1.807) is 37.6 Å². The zero-order valence-corrected chi connectivity index (χ0v) is 18.0. The van der Waals surface area contributed by atoms with Crippen LogP contribution in [0.15, 0.2) is 58.5 Å². The number of piperazine rings is 1. The normalized spacial score (nSPS) is 15.9. The Morgan fingerprint density at radius 1 is 1.13 bits per heavy atom. The molecule has 0 unspecified atom stereocenters. The van der Waals surface area contributed by atoms with E-state index in [-0.39, 0.29) is 12.5 Å². The minimum atomic E-state index is -3.49. The van der Waals surface area contributed by atoms with Crippen molar-refractivity contribution in [1.29, 1.82) is 0 Å². The van der Waals surface area contributed by atoms with Gasteiger partial charge in [0.1, 0.15) is 5.75 Å². The number of sulfonamides is 1. The van der Waals surface area contributed by atoms with Gasteiger partial charge in [-0.05, 0) is 48.9 Å². The molecular formula is C21H27N4O4S+. The molecular weight excluding hydrogens is 404 g/mol. The summed E-state index contributed by atoms with van der Waals surface area (Å²) >= 11 is 0. The van der Waals surface area contributed by atoms with E-state index < -0.39 is 10.0 Å². The third-order valence-corrected chi connectivity index (χ3v) is 6.93. The van der Waals surface area contributed by atoms with Crippen LogP contribution in [0.4, 0.5) is 0 Å². The maximum Gasteiger partial charge on any atom is 0.295 e. The van der Waals surface area contributed by atoms with Gasteiger partial charge in [-0.3, -0.25) is 4.79 Å². The molecule has 1 heterocycles. The first-order valence-corrected chi connectivity index (χ1v) is 11.2. The average molecular weight is 432 g/mol. The highest BCUT2D eigenvalue weighted by molar-refractivity contribution is 7.89. The maximum absolute atomic E-state index is 12.8. The SMILES string of the molecule is COc1ccc(/C=N/NC(=O)C[NH+]2CCN(S(=O)(=O)c3ccc(C)cc3)CC2)cc1. The summed E-state index contributed by atoms with van der Waals surface area (Å²) in [5, 5.41) is 3.98. The number of ether oxygens (including phenoxy) is 1. The van der Waals surface area contributed by atoms with Crippen LogP contribution in [0, 0.1) is 6.92 Å². The van der Waals surface area contributed by atoms with E-state index in [4.69, 9.17) is 4.74 Å². The number of hydrogen-bond acceptors (Lipinski definition) is 5. The lowest BCUT2D eigenvalue weighted by Crippen LogP contribution is -3.15. The maximum atomic E-state index is 12.8. The highest BCUT2D eigenvalue weighted by Gasteiger charge is 2.31. The third-order valence-electron chi connectivity index (χ3n) is 5.02. The first-order valence-electron chi connectivity index (χ1n) is 9.75. The average Bonchev–Trinajstić information content (AvgIpc) is 2.75. The number of aryl methyl sites for hydroxylation is 1. The quantitative estimate of drug-likeness (QED) is 0.478. The first-order chi connectivity index (χ1) is 14.4. The number of nitrogens with one attached hydrogen (secondary N) is 2. The van der Waals surface area contributed by atoms with Crippen molar-refractivity contribution < 1.29 is 22.8 Å². The third kappa shape index (κ3) is 5.65. The van der Waals surface area contributed by atoms with Gasteiger partial charge in [0.05, 0.1) is 44.4 Å². The molecule has 2 aromatic carbocycles. The highest BCUT2D eigenvalue weighted by atomic mass is 32.2. The Hall–Kier alpha value is -2.75. The molecule has 1 saturated heterocycles. The molecule has 0 aromatic heterocycles. The number of quaternary nitrogens is 1. The molecule has 9 heteroatoms. The lowest BCUT2D eigenvalue weighted by Gasteiger charge is -2.31. The summed E-state index contributed by atoms with van der Waals surface area (Å²) in [6, 6.07) is 14.2. The van der Waals surface area contributed by atoms with Gasteiger partial charge in [0.15, 0.2) is 6.54 Å². The van der Waals surface area contributed by atoms with Crippen LogP contribution in [0.3, 0.4) is 0 Å². The van der Waals surface area contributed by atoms with E-state index in [2.05, 4.69) is 10.5 Å². The second-order valence-corrected chi connectivity index (χ2v) is 9.15. The lowest BCUT2D eigenvalue weighted by molar-refractivity contribution is -0.895. The van der Waals surface area contributed by atoms with E-state index >= 15 is 0 Å². The predicted molar refractivity (Wildman–Crippen MR) is 114 cm³/mol. The van der Waals surface area contributed by atoms with E-state index in [0.29, 0.717) is 31.1 Å². The van der Waals surface area contributed by atoms with E-state index in [0.717, 1.165) is 21.8 Å². The molecule has 1 aliphatic heterocycles. The standard InChI is InChI=1S/C21H26N4O4S/c1-17-3-9-20(10-4-17)30(27,28)25-13-11-24(12-14-25)16-21(26)23-22-15-18-5-7-19(29-2)8-6-18/h3-10,15H,11-14,16H2,1-2H3,(H,23,26)/p+1/b22-15+. The fourth-order valence-electron chi connectivity index (χ4n) is 3.21. The molecule has 0 bridgehead atoms.